The third kappa shape index (κ3) is 1.73. The normalized spacial score (nSPS) is 23.7. The quantitative estimate of drug-likeness (QED) is 0.749. The maximum atomic E-state index is 3.80. The maximum Gasteiger partial charge on any atom is 0.0369 e. The molecule has 2 aromatic rings. The molecule has 0 spiro atoms. The van der Waals surface area contributed by atoms with Gasteiger partial charge in [-0.1, -0.05) is 47.5 Å². The molecule has 2 heterocycles. The third-order valence-corrected chi connectivity index (χ3v) is 4.60. The average Bonchev–Trinajstić information content (AvgIpc) is 2.37. The van der Waals surface area contributed by atoms with Gasteiger partial charge in [0, 0.05) is 12.1 Å². The fourth-order valence-electron chi connectivity index (χ4n) is 3.70. The molecule has 2 atom stereocenters. The van der Waals surface area contributed by atoms with Crippen LogP contribution in [0.4, 0.5) is 0 Å². The van der Waals surface area contributed by atoms with Gasteiger partial charge in [0.15, 0.2) is 0 Å². The highest BCUT2D eigenvalue weighted by Gasteiger charge is 2.32. The number of fused-ring (bicyclic) bond motifs is 6. The Labute approximate surface area is 114 Å². The summed E-state index contributed by atoms with van der Waals surface area (Å²) in [5.74, 6) is 0. The van der Waals surface area contributed by atoms with Crippen molar-refractivity contribution < 1.29 is 0 Å². The minimum atomic E-state index is 0.503. The van der Waals surface area contributed by atoms with Crippen molar-refractivity contribution in [2.75, 3.05) is 0 Å². The summed E-state index contributed by atoms with van der Waals surface area (Å²) in [6.07, 6.45) is 2.26. The summed E-state index contributed by atoms with van der Waals surface area (Å²) in [5, 5.41) is 3.80. The van der Waals surface area contributed by atoms with E-state index >= 15 is 0 Å². The third-order valence-electron chi connectivity index (χ3n) is 4.60. The van der Waals surface area contributed by atoms with E-state index in [1.54, 1.807) is 11.1 Å². The van der Waals surface area contributed by atoms with Crippen molar-refractivity contribution in [3.8, 4) is 0 Å². The molecule has 2 aliphatic rings. The average molecular weight is 249 g/mol. The van der Waals surface area contributed by atoms with Gasteiger partial charge < -0.3 is 5.32 Å². The van der Waals surface area contributed by atoms with E-state index in [0.717, 1.165) is 12.8 Å². The molecular formula is C18H19N. The van der Waals surface area contributed by atoms with E-state index in [9.17, 15) is 0 Å². The molecule has 2 aromatic carbocycles. The van der Waals surface area contributed by atoms with Crippen molar-refractivity contribution in [1.82, 2.24) is 5.32 Å². The molecule has 1 nitrogen and oxygen atoms in total. The highest BCUT2D eigenvalue weighted by Crippen LogP contribution is 2.40. The van der Waals surface area contributed by atoms with Gasteiger partial charge in [0.25, 0.3) is 0 Å². The predicted octanol–water partition coefficient (Wildman–Crippen LogP) is 3.79. The fraction of sp³-hybridized carbons (Fsp3) is 0.333. The van der Waals surface area contributed by atoms with Gasteiger partial charge in [-0.15, -0.1) is 0 Å². The van der Waals surface area contributed by atoms with E-state index in [0.29, 0.717) is 12.1 Å². The molecule has 0 saturated heterocycles. The molecule has 4 rings (SSSR count). The van der Waals surface area contributed by atoms with E-state index < -0.39 is 0 Å². The Hall–Kier alpha value is -1.60. The van der Waals surface area contributed by atoms with Crippen LogP contribution in [0.1, 0.15) is 45.5 Å². The van der Waals surface area contributed by atoms with Crippen LogP contribution in [0.3, 0.4) is 0 Å². The smallest absolute Gasteiger partial charge is 0.0369 e. The van der Waals surface area contributed by atoms with Crippen LogP contribution in [0.25, 0.3) is 0 Å². The number of aryl methyl sites for hydroxylation is 2. The lowest BCUT2D eigenvalue weighted by Gasteiger charge is -2.39. The van der Waals surface area contributed by atoms with E-state index in [-0.39, 0.29) is 0 Å². The van der Waals surface area contributed by atoms with Crippen LogP contribution in [0, 0.1) is 13.8 Å². The minimum Gasteiger partial charge on any atom is -0.302 e. The zero-order chi connectivity index (χ0) is 13.0. The number of hydrogen-bond acceptors (Lipinski definition) is 1. The van der Waals surface area contributed by atoms with Crippen LogP contribution in [-0.2, 0) is 12.8 Å². The molecule has 2 unspecified atom stereocenters. The van der Waals surface area contributed by atoms with Gasteiger partial charge in [-0.2, -0.15) is 0 Å². The summed E-state index contributed by atoms with van der Waals surface area (Å²) in [6.45, 7) is 4.38. The summed E-state index contributed by atoms with van der Waals surface area (Å²) < 4.78 is 0. The van der Waals surface area contributed by atoms with Crippen LogP contribution in [0.5, 0.6) is 0 Å². The van der Waals surface area contributed by atoms with Crippen LogP contribution in [0.2, 0.25) is 0 Å². The van der Waals surface area contributed by atoms with Crippen molar-refractivity contribution in [2.24, 2.45) is 0 Å². The van der Waals surface area contributed by atoms with Gasteiger partial charge >= 0.3 is 0 Å². The Balaban J connectivity index is 1.83. The Morgan fingerprint density at radius 3 is 1.74 bits per heavy atom. The van der Waals surface area contributed by atoms with E-state index in [1.807, 2.05) is 0 Å². The van der Waals surface area contributed by atoms with Crippen molar-refractivity contribution in [2.45, 2.75) is 38.8 Å². The van der Waals surface area contributed by atoms with E-state index in [4.69, 9.17) is 0 Å². The fourth-order valence-corrected chi connectivity index (χ4v) is 3.70. The maximum absolute atomic E-state index is 3.80. The molecule has 1 N–H and O–H groups in total. The van der Waals surface area contributed by atoms with E-state index in [1.165, 1.54) is 22.3 Å². The lowest BCUT2D eigenvalue weighted by Crippen LogP contribution is -2.39. The standard InChI is InChI=1S/C18H19N/c1-11-3-5-15-13(7-11)9-17-16-6-4-12(2)8-14(16)10-18(15)19-17/h3-8,17-19H,9-10H2,1-2H3. The lowest BCUT2D eigenvalue weighted by molar-refractivity contribution is 0.381. The molecule has 0 fully saturated rings. The van der Waals surface area contributed by atoms with Crippen LogP contribution in [0.15, 0.2) is 36.4 Å². The summed E-state index contributed by atoms with van der Waals surface area (Å²) in [6, 6.07) is 14.9. The number of hydrogen-bond donors (Lipinski definition) is 1. The summed E-state index contributed by atoms with van der Waals surface area (Å²) in [7, 11) is 0. The van der Waals surface area contributed by atoms with Gasteiger partial charge in [0.2, 0.25) is 0 Å². The molecule has 96 valence electrons. The topological polar surface area (TPSA) is 12.0 Å². The van der Waals surface area contributed by atoms with Crippen LogP contribution < -0.4 is 5.32 Å². The van der Waals surface area contributed by atoms with E-state index in [2.05, 4.69) is 55.6 Å². The second-order valence-corrected chi connectivity index (χ2v) is 6.08. The van der Waals surface area contributed by atoms with Crippen molar-refractivity contribution in [3.63, 3.8) is 0 Å². The molecule has 0 radical (unpaired) electrons. The second-order valence-electron chi connectivity index (χ2n) is 6.08. The zero-order valence-corrected chi connectivity index (χ0v) is 11.5. The first-order valence-electron chi connectivity index (χ1n) is 7.15. The molecule has 0 amide bonds. The Morgan fingerprint density at radius 1 is 0.789 bits per heavy atom. The second kappa shape index (κ2) is 3.94. The van der Waals surface area contributed by atoms with Gasteiger partial charge in [-0.05, 0) is 48.9 Å². The Morgan fingerprint density at radius 2 is 1.26 bits per heavy atom. The summed E-state index contributed by atoms with van der Waals surface area (Å²) in [5.41, 5.74) is 8.86. The van der Waals surface area contributed by atoms with Gasteiger partial charge in [0.1, 0.15) is 0 Å². The zero-order valence-electron chi connectivity index (χ0n) is 11.5. The monoisotopic (exact) mass is 249 g/mol. The Bertz CT molecular complexity index is 599. The largest absolute Gasteiger partial charge is 0.302 e. The van der Waals surface area contributed by atoms with Crippen molar-refractivity contribution >= 4 is 0 Å². The molecule has 1 heteroatoms. The summed E-state index contributed by atoms with van der Waals surface area (Å²) in [4.78, 5) is 0. The van der Waals surface area contributed by atoms with Crippen LogP contribution >= 0.6 is 0 Å². The lowest BCUT2D eigenvalue weighted by atomic mass is 9.78. The predicted molar refractivity (Wildman–Crippen MR) is 78.4 cm³/mol. The molecule has 0 aromatic heterocycles. The van der Waals surface area contributed by atoms with Gasteiger partial charge in [-0.25, -0.2) is 0 Å². The number of benzene rings is 2. The minimum absolute atomic E-state index is 0.503. The SMILES string of the molecule is Cc1ccc2c(c1)CC1NC2Cc2cc(C)ccc21. The molecular weight excluding hydrogens is 230 g/mol. The first-order chi connectivity index (χ1) is 9.20. The highest BCUT2D eigenvalue weighted by atomic mass is 15.0. The first kappa shape index (κ1) is 11.2. The number of nitrogens with one attached hydrogen (secondary N) is 1. The van der Waals surface area contributed by atoms with Gasteiger partial charge in [0.05, 0.1) is 0 Å². The highest BCUT2D eigenvalue weighted by molar-refractivity contribution is 5.45. The first-order valence-corrected chi connectivity index (χ1v) is 7.15. The molecule has 19 heavy (non-hydrogen) atoms. The number of rotatable bonds is 0. The molecule has 0 aliphatic carbocycles. The van der Waals surface area contributed by atoms with Gasteiger partial charge in [-0.3, -0.25) is 0 Å². The molecule has 2 aliphatic heterocycles. The summed E-state index contributed by atoms with van der Waals surface area (Å²) >= 11 is 0. The van der Waals surface area contributed by atoms with Crippen LogP contribution in [-0.4, -0.2) is 0 Å². The molecule has 0 saturated carbocycles. The Kier molecular flexibility index (Phi) is 2.33. The molecule has 2 bridgehead atoms. The van der Waals surface area contributed by atoms with Crippen molar-refractivity contribution in [1.29, 1.82) is 0 Å². The van der Waals surface area contributed by atoms with Crippen molar-refractivity contribution in [3.05, 3.63) is 69.8 Å².